The molecule has 25 heavy (non-hydrogen) atoms. The molecule has 6 heteroatoms. The molecule has 0 atom stereocenters. The van der Waals surface area contributed by atoms with Crippen molar-refractivity contribution in [2.75, 3.05) is 7.11 Å². The highest BCUT2D eigenvalue weighted by Gasteiger charge is 2.14. The Morgan fingerprint density at radius 2 is 1.60 bits per heavy atom. The van der Waals surface area contributed by atoms with Crippen molar-refractivity contribution in [3.8, 4) is 11.4 Å². The van der Waals surface area contributed by atoms with E-state index in [-0.39, 0.29) is 10.6 Å². The Labute approximate surface area is 157 Å². The van der Waals surface area contributed by atoms with Gasteiger partial charge in [-0.15, -0.1) is 0 Å². The van der Waals surface area contributed by atoms with Crippen LogP contribution < -0.4 is 4.74 Å². The molecule has 124 valence electrons. The molecule has 0 unspecified atom stereocenters. The summed E-state index contributed by atoms with van der Waals surface area (Å²) in [6.45, 7) is 0. The number of non-ortho nitro benzene ring substituents is 1. The van der Waals surface area contributed by atoms with Crippen LogP contribution in [0.3, 0.4) is 0 Å². The van der Waals surface area contributed by atoms with Crippen LogP contribution in [0, 0.1) is 13.7 Å². The van der Waals surface area contributed by atoms with Crippen molar-refractivity contribution in [1.29, 1.82) is 0 Å². The summed E-state index contributed by atoms with van der Waals surface area (Å²) >= 11 is 2.29. The van der Waals surface area contributed by atoms with Gasteiger partial charge in [0.15, 0.2) is 0 Å². The van der Waals surface area contributed by atoms with E-state index in [2.05, 4.69) is 45.4 Å². The van der Waals surface area contributed by atoms with Gasteiger partial charge in [-0.1, -0.05) is 6.07 Å². The van der Waals surface area contributed by atoms with E-state index in [1.807, 2.05) is 18.2 Å². The first-order valence-electron chi connectivity index (χ1n) is 7.61. The van der Waals surface area contributed by atoms with Gasteiger partial charge in [0.05, 0.1) is 23.1 Å². The predicted molar refractivity (Wildman–Crippen MR) is 107 cm³/mol. The average Bonchev–Trinajstić information content (AvgIpc) is 2.94. The summed E-state index contributed by atoms with van der Waals surface area (Å²) in [4.78, 5) is 10.5. The largest absolute Gasteiger partial charge is 0.497 e. The number of rotatable bonds is 3. The highest BCUT2D eigenvalue weighted by Crippen LogP contribution is 2.35. The minimum absolute atomic E-state index is 0.0803. The van der Waals surface area contributed by atoms with Crippen LogP contribution in [-0.2, 0) is 0 Å². The van der Waals surface area contributed by atoms with Crippen molar-refractivity contribution in [2.24, 2.45) is 0 Å². The summed E-state index contributed by atoms with van der Waals surface area (Å²) in [7, 11) is 1.64. The van der Waals surface area contributed by atoms with Gasteiger partial charge in [-0.3, -0.25) is 10.1 Å². The van der Waals surface area contributed by atoms with E-state index in [0.717, 1.165) is 36.8 Å². The fourth-order valence-corrected chi connectivity index (χ4v) is 3.57. The lowest BCUT2D eigenvalue weighted by Crippen LogP contribution is -1.95. The van der Waals surface area contributed by atoms with Crippen molar-refractivity contribution < 1.29 is 9.66 Å². The van der Waals surface area contributed by atoms with Crippen LogP contribution in [0.5, 0.6) is 5.75 Å². The standard InChI is InChI=1S/C19H13IN2O3/c1-25-15-7-9-17-16-8-2-12(20)10-18(16)21(19(17)11-15)13-3-5-14(6-4-13)22(23)24/h2-11H,1H3. The molecule has 0 aliphatic heterocycles. The topological polar surface area (TPSA) is 57.3 Å². The summed E-state index contributed by atoms with van der Waals surface area (Å²) in [6.07, 6.45) is 0. The molecule has 0 bridgehead atoms. The monoisotopic (exact) mass is 444 g/mol. The van der Waals surface area contributed by atoms with E-state index < -0.39 is 0 Å². The Morgan fingerprint density at radius 1 is 0.960 bits per heavy atom. The van der Waals surface area contributed by atoms with E-state index >= 15 is 0 Å². The predicted octanol–water partition coefficient (Wildman–Crippen LogP) is 5.31. The fourth-order valence-electron chi connectivity index (χ4n) is 3.10. The Balaban J connectivity index is 2.08. The van der Waals surface area contributed by atoms with Crippen LogP contribution in [0.25, 0.3) is 27.5 Å². The third-order valence-electron chi connectivity index (χ3n) is 4.26. The third-order valence-corrected chi connectivity index (χ3v) is 4.93. The molecule has 0 radical (unpaired) electrons. The highest BCUT2D eigenvalue weighted by atomic mass is 127. The van der Waals surface area contributed by atoms with Crippen molar-refractivity contribution in [2.45, 2.75) is 0 Å². The molecular formula is C19H13IN2O3. The van der Waals surface area contributed by atoms with E-state index in [0.29, 0.717) is 0 Å². The van der Waals surface area contributed by atoms with Gasteiger partial charge < -0.3 is 9.30 Å². The Kier molecular flexibility index (Phi) is 3.84. The molecule has 0 aliphatic rings. The van der Waals surface area contributed by atoms with Crippen LogP contribution in [0.15, 0.2) is 60.7 Å². The van der Waals surface area contributed by atoms with Crippen molar-refractivity contribution in [3.05, 3.63) is 74.3 Å². The van der Waals surface area contributed by atoms with Crippen molar-refractivity contribution >= 4 is 50.1 Å². The number of nitro groups is 1. The number of ether oxygens (including phenoxy) is 1. The maximum absolute atomic E-state index is 10.9. The summed E-state index contributed by atoms with van der Waals surface area (Å²) in [5.74, 6) is 0.771. The first-order valence-corrected chi connectivity index (χ1v) is 8.69. The number of halogens is 1. The molecular weight excluding hydrogens is 431 g/mol. The SMILES string of the molecule is COc1ccc2c3ccc(I)cc3n(-c3ccc([N+](=O)[O-])cc3)c2c1. The number of nitro benzene ring substituents is 1. The van der Waals surface area contributed by atoms with E-state index in [9.17, 15) is 10.1 Å². The minimum atomic E-state index is -0.387. The smallest absolute Gasteiger partial charge is 0.269 e. The maximum Gasteiger partial charge on any atom is 0.269 e. The van der Waals surface area contributed by atoms with Crippen LogP contribution in [0.2, 0.25) is 0 Å². The molecule has 0 fully saturated rings. The van der Waals surface area contributed by atoms with Crippen LogP contribution in [0.4, 0.5) is 5.69 Å². The van der Waals surface area contributed by atoms with Crippen LogP contribution in [-0.4, -0.2) is 16.6 Å². The van der Waals surface area contributed by atoms with E-state index in [1.54, 1.807) is 19.2 Å². The second-order valence-electron chi connectivity index (χ2n) is 5.65. The normalized spacial score (nSPS) is 11.1. The molecule has 4 rings (SSSR count). The van der Waals surface area contributed by atoms with Gasteiger partial charge >= 0.3 is 0 Å². The molecule has 3 aromatic carbocycles. The quantitative estimate of drug-likeness (QED) is 0.245. The number of nitrogens with zero attached hydrogens (tertiary/aromatic N) is 2. The number of hydrogen-bond acceptors (Lipinski definition) is 3. The Hall–Kier alpha value is -2.61. The van der Waals surface area contributed by atoms with Gasteiger partial charge in [-0.25, -0.2) is 0 Å². The molecule has 1 heterocycles. The number of hydrogen-bond donors (Lipinski definition) is 0. The van der Waals surface area contributed by atoms with Crippen molar-refractivity contribution in [3.63, 3.8) is 0 Å². The van der Waals surface area contributed by atoms with E-state index in [4.69, 9.17) is 4.74 Å². The van der Waals surface area contributed by atoms with Gasteiger partial charge in [0, 0.05) is 38.2 Å². The van der Waals surface area contributed by atoms with Gasteiger partial charge in [0.2, 0.25) is 0 Å². The molecule has 0 N–H and O–H groups in total. The van der Waals surface area contributed by atoms with Crippen LogP contribution >= 0.6 is 22.6 Å². The van der Waals surface area contributed by atoms with Gasteiger partial charge in [-0.05, 0) is 59.0 Å². The molecule has 0 aliphatic carbocycles. The number of methoxy groups -OCH3 is 1. The number of aromatic nitrogens is 1. The first-order chi connectivity index (χ1) is 12.1. The zero-order valence-electron chi connectivity index (χ0n) is 13.3. The third kappa shape index (κ3) is 2.62. The van der Waals surface area contributed by atoms with Crippen molar-refractivity contribution in [1.82, 2.24) is 4.57 Å². The van der Waals surface area contributed by atoms with E-state index in [1.165, 1.54) is 12.1 Å². The molecule has 0 saturated carbocycles. The lowest BCUT2D eigenvalue weighted by Gasteiger charge is -2.08. The Bertz CT molecular complexity index is 1120. The molecule has 0 saturated heterocycles. The summed E-state index contributed by atoms with van der Waals surface area (Å²) < 4.78 is 8.62. The zero-order chi connectivity index (χ0) is 17.6. The second-order valence-corrected chi connectivity index (χ2v) is 6.90. The average molecular weight is 444 g/mol. The zero-order valence-corrected chi connectivity index (χ0v) is 15.4. The minimum Gasteiger partial charge on any atom is -0.497 e. The van der Waals surface area contributed by atoms with Gasteiger partial charge in [-0.2, -0.15) is 0 Å². The fraction of sp³-hybridized carbons (Fsp3) is 0.0526. The highest BCUT2D eigenvalue weighted by molar-refractivity contribution is 14.1. The number of benzene rings is 3. The summed E-state index contributed by atoms with van der Waals surface area (Å²) in [5, 5.41) is 13.2. The van der Waals surface area contributed by atoms with Gasteiger partial charge in [0.25, 0.3) is 5.69 Å². The van der Waals surface area contributed by atoms with Crippen LogP contribution in [0.1, 0.15) is 0 Å². The molecule has 4 aromatic rings. The first kappa shape index (κ1) is 15.9. The lowest BCUT2D eigenvalue weighted by atomic mass is 10.1. The molecule has 0 amide bonds. The second kappa shape index (κ2) is 6.03. The summed E-state index contributed by atoms with van der Waals surface area (Å²) in [5.41, 5.74) is 3.02. The maximum atomic E-state index is 10.9. The Morgan fingerprint density at radius 3 is 2.24 bits per heavy atom. The molecule has 5 nitrogen and oxygen atoms in total. The number of fused-ring (bicyclic) bond motifs is 3. The van der Waals surface area contributed by atoms with Gasteiger partial charge in [0.1, 0.15) is 5.75 Å². The lowest BCUT2D eigenvalue weighted by molar-refractivity contribution is -0.384. The molecule has 0 spiro atoms. The molecule has 1 aromatic heterocycles. The summed E-state index contributed by atoms with van der Waals surface area (Å²) in [6, 6.07) is 18.9.